The molecule has 2 rings (SSSR count). The van der Waals surface area contributed by atoms with Crippen LogP contribution in [0.4, 0.5) is 0 Å². The Morgan fingerprint density at radius 3 is 1.84 bits per heavy atom. The third kappa shape index (κ3) is 17.7. The average Bonchev–Trinajstić information content (AvgIpc) is 3.78. The number of rotatable bonds is 27. The van der Waals surface area contributed by atoms with E-state index in [1.807, 2.05) is 13.8 Å². The molecular weight excluding hydrogens is 865 g/mol. The van der Waals surface area contributed by atoms with Crippen molar-refractivity contribution >= 4 is 53.2 Å². The van der Waals surface area contributed by atoms with Crippen molar-refractivity contribution in [1.82, 2.24) is 47.1 Å². The van der Waals surface area contributed by atoms with E-state index >= 15 is 0 Å². The zero-order valence-electron chi connectivity index (χ0n) is 41.1. The maximum atomic E-state index is 14.2. The molecule has 0 bridgehead atoms. The molecule has 1 fully saturated rings. The Hall–Kier alpha value is -5.86. The predicted octanol–water partition coefficient (Wildman–Crippen LogP) is 0.0222. The van der Waals surface area contributed by atoms with Gasteiger partial charge in [0.25, 0.3) is 5.91 Å². The third-order valence-electron chi connectivity index (χ3n) is 12.0. The van der Waals surface area contributed by atoms with Crippen LogP contribution in [0.2, 0.25) is 0 Å². The van der Waals surface area contributed by atoms with Crippen molar-refractivity contribution in [2.75, 3.05) is 19.6 Å². The smallest absolute Gasteiger partial charge is 0.253 e. The molecule has 0 saturated carbocycles. The van der Waals surface area contributed by atoms with Gasteiger partial charge in [0.2, 0.25) is 41.4 Å². The Balaban J connectivity index is 2.32. The van der Waals surface area contributed by atoms with Crippen molar-refractivity contribution < 1.29 is 43.5 Å². The first kappa shape index (κ1) is 57.3. The lowest BCUT2D eigenvalue weighted by Crippen LogP contribution is -2.63. The second-order valence-corrected chi connectivity index (χ2v) is 17.9. The number of carbonyl (C=O) groups is 8. The summed E-state index contributed by atoms with van der Waals surface area (Å²) in [5, 5.41) is 29.9. The number of amides is 8. The number of hydrogen-bond donors (Lipinski definition) is 10. The summed E-state index contributed by atoms with van der Waals surface area (Å²) in [5.41, 5.74) is 12.0. The lowest BCUT2D eigenvalue weighted by molar-refractivity contribution is -0.142. The number of nitrogens with one attached hydrogen (secondary N) is 7. The van der Waals surface area contributed by atoms with Gasteiger partial charge < -0.3 is 58.7 Å². The highest BCUT2D eigenvalue weighted by Gasteiger charge is 2.40. The molecule has 12 N–H and O–H groups in total. The molecule has 1 aromatic rings. The number of aliphatic imine (C=N–C) groups is 1. The van der Waals surface area contributed by atoms with E-state index in [9.17, 15) is 43.5 Å². The van der Waals surface area contributed by atoms with Crippen LogP contribution in [0.25, 0.3) is 0 Å². The summed E-state index contributed by atoms with van der Waals surface area (Å²) in [5.74, 6) is -6.38. The molecule has 0 spiro atoms. The molecule has 1 aromatic heterocycles. The van der Waals surface area contributed by atoms with Crippen molar-refractivity contribution in [3.63, 3.8) is 0 Å². The Labute approximate surface area is 395 Å². The number of likely N-dealkylation sites (tertiary alicyclic amines) is 1. The second-order valence-electron chi connectivity index (χ2n) is 17.9. The van der Waals surface area contributed by atoms with Crippen LogP contribution in [-0.4, -0.2) is 136 Å². The Morgan fingerprint density at radius 1 is 0.746 bits per heavy atom. The number of carbonyl (C=O) groups excluding carboxylic acids is 8. The molecule has 1 aliphatic heterocycles. The summed E-state index contributed by atoms with van der Waals surface area (Å²) in [6.07, 6.45) is 4.42. The molecule has 0 unspecified atom stereocenters. The number of nitrogens with two attached hydrogens (primary N) is 2. The molecule has 376 valence electrons. The number of aliphatic hydroxyl groups excluding tert-OH is 1. The summed E-state index contributed by atoms with van der Waals surface area (Å²) >= 11 is 0. The number of aliphatic hydroxyl groups is 1. The maximum Gasteiger partial charge on any atom is 0.253 e. The van der Waals surface area contributed by atoms with Gasteiger partial charge in [-0.1, -0.05) is 67.7 Å². The van der Waals surface area contributed by atoms with Crippen molar-refractivity contribution in [2.24, 2.45) is 34.2 Å². The SMILES string of the molecule is CCC[C@H](NC(=O)[C@@H](NC(=O)[C@H](NC(=O)[C@@H](NC(=O)c1cncc(C)c1)C(C)C)[C@@H](C)CC)[C@@H](C)O)C(=O)N[C@H](C(=O)N[C@@H](CCCN=C(N)N)C(=O)N1CCC[C@H]1C(=O)NCC)[C@@H](C)CC. The zero-order chi connectivity index (χ0) is 50.5. The van der Waals surface area contributed by atoms with E-state index < -0.39 is 102 Å². The summed E-state index contributed by atoms with van der Waals surface area (Å²) in [6.45, 7) is 18.1. The van der Waals surface area contributed by atoms with E-state index in [-0.39, 0.29) is 42.7 Å². The molecule has 21 heteroatoms. The van der Waals surface area contributed by atoms with Gasteiger partial charge in [0.15, 0.2) is 5.96 Å². The highest BCUT2D eigenvalue weighted by Crippen LogP contribution is 2.21. The summed E-state index contributed by atoms with van der Waals surface area (Å²) in [4.78, 5) is 119. The minimum Gasteiger partial charge on any atom is -0.391 e. The van der Waals surface area contributed by atoms with Crippen molar-refractivity contribution in [1.29, 1.82) is 0 Å². The van der Waals surface area contributed by atoms with E-state index in [0.717, 1.165) is 5.56 Å². The fourth-order valence-electron chi connectivity index (χ4n) is 7.62. The summed E-state index contributed by atoms with van der Waals surface area (Å²) in [7, 11) is 0. The average molecular weight is 943 g/mol. The van der Waals surface area contributed by atoms with Crippen LogP contribution in [0.3, 0.4) is 0 Å². The van der Waals surface area contributed by atoms with Gasteiger partial charge in [-0.05, 0) is 82.3 Å². The number of pyridine rings is 1. The quantitative estimate of drug-likeness (QED) is 0.0317. The third-order valence-corrected chi connectivity index (χ3v) is 12.0. The molecule has 21 nitrogen and oxygen atoms in total. The molecule has 67 heavy (non-hydrogen) atoms. The van der Waals surface area contributed by atoms with Crippen LogP contribution >= 0.6 is 0 Å². The largest absolute Gasteiger partial charge is 0.391 e. The minimum atomic E-state index is -1.58. The van der Waals surface area contributed by atoms with Gasteiger partial charge in [-0.15, -0.1) is 0 Å². The van der Waals surface area contributed by atoms with Gasteiger partial charge in [-0.3, -0.25) is 48.3 Å². The van der Waals surface area contributed by atoms with Gasteiger partial charge in [0, 0.05) is 32.0 Å². The number of nitrogens with zero attached hydrogens (tertiary/aromatic N) is 3. The molecule has 8 amide bonds. The molecule has 0 radical (unpaired) electrons. The van der Waals surface area contributed by atoms with E-state index in [0.29, 0.717) is 51.6 Å². The lowest BCUT2D eigenvalue weighted by Gasteiger charge is -2.32. The summed E-state index contributed by atoms with van der Waals surface area (Å²) in [6, 6.07) is -6.37. The molecule has 10 atom stereocenters. The van der Waals surface area contributed by atoms with Crippen LogP contribution in [0.5, 0.6) is 0 Å². The summed E-state index contributed by atoms with van der Waals surface area (Å²) < 4.78 is 0. The second kappa shape index (κ2) is 28.3. The van der Waals surface area contributed by atoms with Crippen molar-refractivity contribution in [3.8, 4) is 0 Å². The predicted molar refractivity (Wildman–Crippen MR) is 254 cm³/mol. The van der Waals surface area contributed by atoms with Crippen LogP contribution in [0.15, 0.2) is 23.5 Å². The normalized spacial score (nSPS) is 17.5. The van der Waals surface area contributed by atoms with Gasteiger partial charge in [-0.25, -0.2) is 0 Å². The number of aryl methyl sites for hydroxylation is 1. The van der Waals surface area contributed by atoms with E-state index in [1.165, 1.54) is 18.0 Å². The minimum absolute atomic E-state index is 0.113. The molecule has 1 aliphatic rings. The molecule has 1 saturated heterocycles. The molecule has 0 aromatic carbocycles. The first-order chi connectivity index (χ1) is 31.6. The first-order valence-corrected chi connectivity index (χ1v) is 23.7. The number of hydrogen-bond acceptors (Lipinski definition) is 11. The van der Waals surface area contributed by atoms with Gasteiger partial charge in [0.05, 0.1) is 11.7 Å². The molecular formula is C46H78N12O9. The van der Waals surface area contributed by atoms with E-state index in [2.05, 4.69) is 47.2 Å². The van der Waals surface area contributed by atoms with Crippen LogP contribution in [0, 0.1) is 24.7 Å². The van der Waals surface area contributed by atoms with Crippen LogP contribution in [-0.2, 0) is 33.6 Å². The standard InChI is InChI=1S/C46H78N12O9/c1-11-17-31(39(61)55-35(27(8)12-2)42(64)53-32(18-15-20-51-46(47)48)45(67)58-21-16-19-33(58)40(62)50-14-4)52-44(66)37(29(10)59)57-43(65)36(28(9)13-3)56-41(63)34(25(5)6)54-38(60)30-22-26(7)23-49-24-30/h22-25,27-29,31-37,59H,11-21H2,1-10H3,(H,50,62)(H,52,66)(H,53,64)(H,54,60)(H,55,61)(H,56,63)(H,57,65)(H4,47,48,51)/t27-,28-,29+,31-,32-,33-,34-,35-,36+,37-/m0/s1. The van der Waals surface area contributed by atoms with Gasteiger partial charge in [0.1, 0.15) is 42.3 Å². The number of likely N-dealkylation sites (N-methyl/N-ethyl adjacent to an activating group) is 1. The highest BCUT2D eigenvalue weighted by atomic mass is 16.3. The maximum absolute atomic E-state index is 14.2. The monoisotopic (exact) mass is 943 g/mol. The number of guanidine groups is 1. The molecule has 2 heterocycles. The van der Waals surface area contributed by atoms with E-state index in [4.69, 9.17) is 11.5 Å². The van der Waals surface area contributed by atoms with Crippen molar-refractivity contribution in [3.05, 3.63) is 29.6 Å². The Bertz CT molecular complexity index is 1870. The first-order valence-electron chi connectivity index (χ1n) is 23.7. The zero-order valence-corrected chi connectivity index (χ0v) is 41.1. The van der Waals surface area contributed by atoms with E-state index in [1.54, 1.807) is 60.7 Å². The van der Waals surface area contributed by atoms with Crippen molar-refractivity contribution in [2.45, 2.75) is 169 Å². The lowest BCUT2D eigenvalue weighted by atomic mass is 9.95. The Kier molecular flexibility index (Phi) is 24.2. The number of aromatic nitrogens is 1. The highest BCUT2D eigenvalue weighted by molar-refractivity contribution is 6.00. The Morgan fingerprint density at radius 2 is 1.30 bits per heavy atom. The van der Waals surface area contributed by atoms with Crippen LogP contribution < -0.4 is 48.7 Å². The van der Waals surface area contributed by atoms with Gasteiger partial charge in [-0.2, -0.15) is 0 Å². The fourth-order valence-corrected chi connectivity index (χ4v) is 7.62. The molecule has 0 aliphatic carbocycles. The fraction of sp³-hybridized carbons (Fsp3) is 0.696. The topological polar surface area (TPSA) is 322 Å². The van der Waals surface area contributed by atoms with Gasteiger partial charge >= 0.3 is 0 Å². The van der Waals surface area contributed by atoms with Crippen LogP contribution in [0.1, 0.15) is 130 Å².